The van der Waals surface area contributed by atoms with Crippen LogP contribution < -0.4 is 5.32 Å². The average molecular weight is 279 g/mol. The van der Waals surface area contributed by atoms with Crippen molar-refractivity contribution in [1.82, 2.24) is 5.32 Å². The zero-order valence-electron chi connectivity index (χ0n) is 11.4. The molecule has 0 spiro atoms. The standard InChI is InChI=1S/C16H16F3N/c1-10(2)20-9-11-3-6-15(18)14(7-11)13-5-4-12(17)8-16(13)19/h3-8,10,20H,9H2,1-2H3. The Hall–Kier alpha value is -1.81. The van der Waals surface area contributed by atoms with E-state index in [1.165, 1.54) is 12.1 Å². The topological polar surface area (TPSA) is 12.0 Å². The maximum atomic E-state index is 13.9. The molecule has 0 radical (unpaired) electrons. The molecule has 0 saturated heterocycles. The van der Waals surface area contributed by atoms with Crippen molar-refractivity contribution < 1.29 is 13.2 Å². The highest BCUT2D eigenvalue weighted by Crippen LogP contribution is 2.27. The maximum absolute atomic E-state index is 13.9. The summed E-state index contributed by atoms with van der Waals surface area (Å²) in [7, 11) is 0. The lowest BCUT2D eigenvalue weighted by molar-refractivity contribution is 0.580. The fourth-order valence-corrected chi connectivity index (χ4v) is 1.92. The van der Waals surface area contributed by atoms with Crippen molar-refractivity contribution in [2.45, 2.75) is 26.4 Å². The van der Waals surface area contributed by atoms with Crippen molar-refractivity contribution in [2.24, 2.45) is 0 Å². The van der Waals surface area contributed by atoms with Gasteiger partial charge < -0.3 is 5.32 Å². The Morgan fingerprint density at radius 1 is 0.900 bits per heavy atom. The maximum Gasteiger partial charge on any atom is 0.134 e. The van der Waals surface area contributed by atoms with Crippen LogP contribution in [0.3, 0.4) is 0 Å². The van der Waals surface area contributed by atoms with Crippen molar-refractivity contribution in [3.63, 3.8) is 0 Å². The highest BCUT2D eigenvalue weighted by atomic mass is 19.1. The summed E-state index contributed by atoms with van der Waals surface area (Å²) < 4.78 is 40.5. The molecule has 2 rings (SSSR count). The Morgan fingerprint density at radius 3 is 2.30 bits per heavy atom. The summed E-state index contributed by atoms with van der Waals surface area (Å²) in [6, 6.07) is 7.96. The van der Waals surface area contributed by atoms with Crippen molar-refractivity contribution in [3.05, 3.63) is 59.4 Å². The van der Waals surface area contributed by atoms with Gasteiger partial charge in [-0.3, -0.25) is 0 Å². The van der Waals surface area contributed by atoms with Crippen LogP contribution in [0, 0.1) is 17.5 Å². The van der Waals surface area contributed by atoms with Crippen LogP contribution in [0.2, 0.25) is 0 Å². The largest absolute Gasteiger partial charge is 0.310 e. The van der Waals surface area contributed by atoms with Gasteiger partial charge in [0.05, 0.1) is 0 Å². The number of nitrogens with one attached hydrogen (secondary N) is 1. The molecular formula is C16H16F3N. The SMILES string of the molecule is CC(C)NCc1ccc(F)c(-c2ccc(F)cc2F)c1. The van der Waals surface area contributed by atoms with Crippen molar-refractivity contribution in [3.8, 4) is 11.1 Å². The van der Waals surface area contributed by atoms with E-state index in [4.69, 9.17) is 0 Å². The summed E-state index contributed by atoms with van der Waals surface area (Å²) >= 11 is 0. The molecule has 4 heteroatoms. The van der Waals surface area contributed by atoms with Gasteiger partial charge in [-0.2, -0.15) is 0 Å². The molecule has 20 heavy (non-hydrogen) atoms. The lowest BCUT2D eigenvalue weighted by Gasteiger charge is -2.11. The highest BCUT2D eigenvalue weighted by Gasteiger charge is 2.12. The number of halogens is 3. The van der Waals surface area contributed by atoms with Gasteiger partial charge in [-0.15, -0.1) is 0 Å². The van der Waals surface area contributed by atoms with Crippen LogP contribution in [-0.2, 0) is 6.54 Å². The van der Waals surface area contributed by atoms with Crippen LogP contribution in [0.15, 0.2) is 36.4 Å². The summed E-state index contributed by atoms with van der Waals surface area (Å²) in [5.74, 6) is -1.97. The molecule has 2 aromatic rings. The number of hydrogen-bond donors (Lipinski definition) is 1. The summed E-state index contributed by atoms with van der Waals surface area (Å²) in [6.07, 6.45) is 0. The molecule has 0 heterocycles. The fourth-order valence-electron chi connectivity index (χ4n) is 1.92. The van der Waals surface area contributed by atoms with Crippen LogP contribution in [-0.4, -0.2) is 6.04 Å². The predicted molar refractivity (Wildman–Crippen MR) is 73.7 cm³/mol. The Labute approximate surface area is 116 Å². The van der Waals surface area contributed by atoms with Gasteiger partial charge in [0.2, 0.25) is 0 Å². The number of hydrogen-bond acceptors (Lipinski definition) is 1. The third-order valence-electron chi connectivity index (χ3n) is 2.97. The molecule has 1 nitrogen and oxygen atoms in total. The van der Waals surface area contributed by atoms with Gasteiger partial charge in [-0.1, -0.05) is 19.9 Å². The zero-order valence-corrected chi connectivity index (χ0v) is 11.4. The van der Waals surface area contributed by atoms with Gasteiger partial charge in [0.25, 0.3) is 0 Å². The first-order chi connectivity index (χ1) is 9.47. The van der Waals surface area contributed by atoms with Crippen LogP contribution in [0.1, 0.15) is 19.4 Å². The summed E-state index contributed by atoms with van der Waals surface area (Å²) in [4.78, 5) is 0. The molecular weight excluding hydrogens is 263 g/mol. The molecule has 0 amide bonds. The van der Waals surface area contributed by atoms with E-state index >= 15 is 0 Å². The first kappa shape index (κ1) is 14.6. The van der Waals surface area contributed by atoms with E-state index in [-0.39, 0.29) is 11.1 Å². The molecule has 2 aromatic carbocycles. The molecule has 0 aliphatic heterocycles. The molecule has 0 fully saturated rings. The van der Waals surface area contributed by atoms with Crippen LogP contribution >= 0.6 is 0 Å². The summed E-state index contributed by atoms with van der Waals surface area (Å²) in [6.45, 7) is 4.57. The molecule has 0 aromatic heterocycles. The Kier molecular flexibility index (Phi) is 4.45. The van der Waals surface area contributed by atoms with E-state index in [0.717, 1.165) is 17.7 Å². The quantitative estimate of drug-likeness (QED) is 0.881. The van der Waals surface area contributed by atoms with E-state index in [9.17, 15) is 13.2 Å². The minimum absolute atomic E-state index is 0.0651. The fraction of sp³-hybridized carbons (Fsp3) is 0.250. The smallest absolute Gasteiger partial charge is 0.134 e. The molecule has 0 aliphatic carbocycles. The van der Waals surface area contributed by atoms with Crippen molar-refractivity contribution >= 4 is 0 Å². The lowest BCUT2D eigenvalue weighted by atomic mass is 10.0. The number of benzene rings is 2. The van der Waals surface area contributed by atoms with Crippen LogP contribution in [0.25, 0.3) is 11.1 Å². The Balaban J connectivity index is 2.37. The molecule has 0 saturated carbocycles. The minimum atomic E-state index is -0.766. The molecule has 106 valence electrons. The highest BCUT2D eigenvalue weighted by molar-refractivity contribution is 5.65. The van der Waals surface area contributed by atoms with E-state index in [2.05, 4.69) is 5.32 Å². The second kappa shape index (κ2) is 6.09. The molecule has 0 aliphatic rings. The molecule has 0 atom stereocenters. The van der Waals surface area contributed by atoms with E-state index in [0.29, 0.717) is 12.6 Å². The zero-order chi connectivity index (χ0) is 14.7. The molecule has 0 bridgehead atoms. The second-order valence-corrected chi connectivity index (χ2v) is 4.97. The normalized spacial score (nSPS) is 11.1. The third kappa shape index (κ3) is 3.39. The first-order valence-electron chi connectivity index (χ1n) is 6.44. The van der Waals surface area contributed by atoms with E-state index in [1.807, 2.05) is 13.8 Å². The summed E-state index contributed by atoms with van der Waals surface area (Å²) in [5, 5.41) is 3.21. The van der Waals surface area contributed by atoms with Gasteiger partial charge in [0.1, 0.15) is 17.5 Å². The minimum Gasteiger partial charge on any atom is -0.310 e. The van der Waals surface area contributed by atoms with Gasteiger partial charge in [-0.25, -0.2) is 13.2 Å². The van der Waals surface area contributed by atoms with Crippen LogP contribution in [0.4, 0.5) is 13.2 Å². The molecule has 1 N–H and O–H groups in total. The molecule has 0 unspecified atom stereocenters. The van der Waals surface area contributed by atoms with Gasteiger partial charge in [-0.05, 0) is 29.8 Å². The summed E-state index contributed by atoms with van der Waals surface area (Å²) in [5.41, 5.74) is 1.06. The first-order valence-corrected chi connectivity index (χ1v) is 6.44. The van der Waals surface area contributed by atoms with E-state index < -0.39 is 17.5 Å². The van der Waals surface area contributed by atoms with E-state index in [1.54, 1.807) is 12.1 Å². The third-order valence-corrected chi connectivity index (χ3v) is 2.97. The van der Waals surface area contributed by atoms with Gasteiger partial charge in [0.15, 0.2) is 0 Å². The average Bonchev–Trinajstić information content (AvgIpc) is 2.38. The second-order valence-electron chi connectivity index (χ2n) is 4.97. The predicted octanol–water partition coefficient (Wildman–Crippen LogP) is 4.27. The van der Waals surface area contributed by atoms with Gasteiger partial charge in [0, 0.05) is 29.8 Å². The van der Waals surface area contributed by atoms with Gasteiger partial charge >= 0.3 is 0 Å². The monoisotopic (exact) mass is 279 g/mol. The van der Waals surface area contributed by atoms with Crippen molar-refractivity contribution in [1.29, 1.82) is 0 Å². The number of rotatable bonds is 4. The lowest BCUT2D eigenvalue weighted by Crippen LogP contribution is -2.21. The van der Waals surface area contributed by atoms with Crippen molar-refractivity contribution in [2.75, 3.05) is 0 Å². The van der Waals surface area contributed by atoms with Crippen LogP contribution in [0.5, 0.6) is 0 Å². The Bertz CT molecular complexity index is 609. The Morgan fingerprint density at radius 2 is 1.65 bits per heavy atom.